The first-order valence-corrected chi connectivity index (χ1v) is 7.06. The van der Waals surface area contributed by atoms with Gasteiger partial charge in [0.05, 0.1) is 0 Å². The van der Waals surface area contributed by atoms with Crippen LogP contribution in [0, 0.1) is 5.82 Å². The molecule has 3 nitrogen and oxygen atoms in total. The Morgan fingerprint density at radius 3 is 2.42 bits per heavy atom. The van der Waals surface area contributed by atoms with Gasteiger partial charge in [-0.15, -0.1) is 0 Å². The van der Waals surface area contributed by atoms with Crippen LogP contribution in [0.4, 0.5) is 4.39 Å². The summed E-state index contributed by atoms with van der Waals surface area (Å²) in [6.07, 6.45) is 5.21. The maximum atomic E-state index is 13.0. The molecule has 19 heavy (non-hydrogen) atoms. The van der Waals surface area contributed by atoms with E-state index < -0.39 is 0 Å². The second kappa shape index (κ2) is 3.79. The number of nitrogens with one attached hydrogen (secondary N) is 1. The predicted octanol–water partition coefficient (Wildman–Crippen LogP) is 2.34. The molecule has 2 saturated carbocycles. The van der Waals surface area contributed by atoms with Crippen molar-refractivity contribution in [2.24, 2.45) is 0 Å². The minimum atomic E-state index is -0.297. The highest BCUT2D eigenvalue weighted by Crippen LogP contribution is 2.48. The lowest BCUT2D eigenvalue weighted by molar-refractivity contribution is -0.134. The summed E-state index contributed by atoms with van der Waals surface area (Å²) in [5.74, 6) is 0.0240. The predicted molar refractivity (Wildman–Crippen MR) is 68.7 cm³/mol. The van der Waals surface area contributed by atoms with Crippen LogP contribution in [0.2, 0.25) is 0 Å². The zero-order valence-electron chi connectivity index (χ0n) is 10.7. The van der Waals surface area contributed by atoms with Gasteiger partial charge in [-0.3, -0.25) is 10.1 Å². The highest BCUT2D eigenvalue weighted by atomic mass is 19.1. The van der Waals surface area contributed by atoms with Gasteiger partial charge in [0.15, 0.2) is 0 Å². The van der Waals surface area contributed by atoms with Crippen molar-refractivity contribution in [3.63, 3.8) is 0 Å². The average Bonchev–Trinajstić information content (AvgIpc) is 3.07. The Kier molecular flexibility index (Phi) is 2.28. The van der Waals surface area contributed by atoms with Crippen LogP contribution in [0.3, 0.4) is 0 Å². The smallest absolute Gasteiger partial charge is 0.244 e. The van der Waals surface area contributed by atoms with Gasteiger partial charge in [-0.25, -0.2) is 4.39 Å². The average molecular weight is 260 g/mol. The van der Waals surface area contributed by atoms with Crippen molar-refractivity contribution in [1.82, 2.24) is 10.2 Å². The van der Waals surface area contributed by atoms with Crippen molar-refractivity contribution in [3.05, 3.63) is 35.6 Å². The number of benzene rings is 1. The SMILES string of the molecule is O=C1N(C2CCC2)C(c2ccc(F)cc2)NC12CC2. The third kappa shape index (κ3) is 1.62. The van der Waals surface area contributed by atoms with Gasteiger partial charge in [0.1, 0.15) is 17.5 Å². The molecule has 100 valence electrons. The van der Waals surface area contributed by atoms with Crippen LogP contribution in [0.5, 0.6) is 0 Å². The zero-order chi connectivity index (χ0) is 13.0. The summed E-state index contributed by atoms with van der Waals surface area (Å²) in [5, 5.41) is 3.48. The fourth-order valence-corrected chi connectivity index (χ4v) is 3.17. The first-order valence-electron chi connectivity index (χ1n) is 7.06. The third-order valence-electron chi connectivity index (χ3n) is 4.74. The van der Waals surface area contributed by atoms with E-state index in [0.29, 0.717) is 6.04 Å². The Bertz CT molecular complexity index is 519. The monoisotopic (exact) mass is 260 g/mol. The normalized spacial score (nSPS) is 28.8. The maximum Gasteiger partial charge on any atom is 0.244 e. The molecule has 1 saturated heterocycles. The first kappa shape index (κ1) is 11.4. The van der Waals surface area contributed by atoms with E-state index >= 15 is 0 Å². The molecule has 0 aromatic heterocycles. The highest BCUT2D eigenvalue weighted by Gasteiger charge is 2.60. The Labute approximate surface area is 111 Å². The molecule has 1 aromatic rings. The van der Waals surface area contributed by atoms with E-state index in [1.54, 1.807) is 12.1 Å². The quantitative estimate of drug-likeness (QED) is 0.885. The van der Waals surface area contributed by atoms with Gasteiger partial charge in [0.25, 0.3) is 0 Å². The topological polar surface area (TPSA) is 32.3 Å². The molecule has 4 heteroatoms. The number of amides is 1. The molecule has 3 aliphatic rings. The number of rotatable bonds is 2. The van der Waals surface area contributed by atoms with Gasteiger partial charge in [-0.2, -0.15) is 0 Å². The fraction of sp³-hybridized carbons (Fsp3) is 0.533. The lowest BCUT2D eigenvalue weighted by atomic mass is 9.90. The molecule has 1 spiro atoms. The minimum absolute atomic E-state index is 0.0686. The van der Waals surface area contributed by atoms with E-state index in [0.717, 1.165) is 31.2 Å². The molecule has 1 aromatic carbocycles. The van der Waals surface area contributed by atoms with Gasteiger partial charge in [0, 0.05) is 6.04 Å². The number of carbonyl (C=O) groups is 1. The number of hydrogen-bond acceptors (Lipinski definition) is 2. The van der Waals surface area contributed by atoms with E-state index in [-0.39, 0.29) is 23.4 Å². The van der Waals surface area contributed by atoms with Crippen LogP contribution in [0.1, 0.15) is 43.8 Å². The van der Waals surface area contributed by atoms with E-state index in [2.05, 4.69) is 5.32 Å². The molecule has 4 rings (SSSR count). The summed E-state index contributed by atoms with van der Waals surface area (Å²) in [7, 11) is 0. The standard InChI is InChI=1S/C15H17FN2O/c16-11-6-4-10(5-7-11)13-17-15(8-9-15)14(19)18(13)12-2-1-3-12/h4-7,12-13,17H,1-3,8-9H2. The summed E-state index contributed by atoms with van der Waals surface area (Å²) < 4.78 is 13.0. The van der Waals surface area contributed by atoms with Crippen LogP contribution in [-0.2, 0) is 4.79 Å². The largest absolute Gasteiger partial charge is 0.318 e. The van der Waals surface area contributed by atoms with E-state index in [4.69, 9.17) is 0 Å². The number of hydrogen-bond donors (Lipinski definition) is 1. The Balaban J connectivity index is 1.68. The van der Waals surface area contributed by atoms with Crippen LogP contribution in [0.25, 0.3) is 0 Å². The lowest BCUT2D eigenvalue weighted by Gasteiger charge is -2.38. The van der Waals surface area contributed by atoms with E-state index in [9.17, 15) is 9.18 Å². The Hall–Kier alpha value is -1.42. The molecule has 0 radical (unpaired) electrons. The molecule has 1 atom stereocenters. The molecule has 1 unspecified atom stereocenters. The summed E-state index contributed by atoms with van der Waals surface area (Å²) in [4.78, 5) is 14.6. The fourth-order valence-electron chi connectivity index (χ4n) is 3.17. The van der Waals surface area contributed by atoms with Crippen LogP contribution >= 0.6 is 0 Å². The van der Waals surface area contributed by atoms with Crippen LogP contribution in [-0.4, -0.2) is 22.4 Å². The van der Waals surface area contributed by atoms with Crippen LogP contribution < -0.4 is 5.32 Å². The van der Waals surface area contributed by atoms with Crippen LogP contribution in [0.15, 0.2) is 24.3 Å². The van der Waals surface area contributed by atoms with Crippen molar-refractivity contribution in [3.8, 4) is 0 Å². The minimum Gasteiger partial charge on any atom is -0.318 e. The lowest BCUT2D eigenvalue weighted by Crippen LogP contribution is -2.44. The third-order valence-corrected chi connectivity index (χ3v) is 4.74. The molecule has 1 heterocycles. The maximum absolute atomic E-state index is 13.0. The van der Waals surface area contributed by atoms with Gasteiger partial charge < -0.3 is 4.90 Å². The molecule has 0 bridgehead atoms. The zero-order valence-corrected chi connectivity index (χ0v) is 10.7. The Morgan fingerprint density at radius 2 is 1.89 bits per heavy atom. The first-order chi connectivity index (χ1) is 9.20. The molecule has 1 N–H and O–H groups in total. The summed E-state index contributed by atoms with van der Waals surface area (Å²) >= 11 is 0. The van der Waals surface area contributed by atoms with Gasteiger partial charge in [-0.1, -0.05) is 12.1 Å². The second-order valence-electron chi connectivity index (χ2n) is 5.98. The summed E-state index contributed by atoms with van der Waals surface area (Å²) in [6, 6.07) is 6.88. The molecule has 1 aliphatic heterocycles. The van der Waals surface area contributed by atoms with Crippen molar-refractivity contribution in [2.75, 3.05) is 0 Å². The van der Waals surface area contributed by atoms with E-state index in [1.807, 2.05) is 4.90 Å². The van der Waals surface area contributed by atoms with E-state index in [1.165, 1.54) is 18.6 Å². The van der Waals surface area contributed by atoms with Crippen molar-refractivity contribution in [1.29, 1.82) is 0 Å². The molecular formula is C15H17FN2O. The summed E-state index contributed by atoms with van der Waals surface area (Å²) in [5.41, 5.74) is 0.694. The molecule has 2 aliphatic carbocycles. The van der Waals surface area contributed by atoms with Crippen molar-refractivity contribution in [2.45, 2.75) is 49.9 Å². The highest BCUT2D eigenvalue weighted by molar-refractivity contribution is 5.92. The number of halogens is 1. The van der Waals surface area contributed by atoms with Crippen molar-refractivity contribution < 1.29 is 9.18 Å². The van der Waals surface area contributed by atoms with Crippen molar-refractivity contribution >= 4 is 5.91 Å². The van der Waals surface area contributed by atoms with Gasteiger partial charge in [0.2, 0.25) is 5.91 Å². The van der Waals surface area contributed by atoms with Gasteiger partial charge in [-0.05, 0) is 49.8 Å². The molecular weight excluding hydrogens is 243 g/mol. The number of nitrogens with zero attached hydrogens (tertiary/aromatic N) is 1. The van der Waals surface area contributed by atoms with Gasteiger partial charge >= 0.3 is 0 Å². The second-order valence-corrected chi connectivity index (χ2v) is 5.98. The number of carbonyl (C=O) groups excluding carboxylic acids is 1. The Morgan fingerprint density at radius 1 is 1.21 bits per heavy atom. The molecule has 1 amide bonds. The molecule has 3 fully saturated rings. The summed E-state index contributed by atoms with van der Waals surface area (Å²) in [6.45, 7) is 0.